The Morgan fingerprint density at radius 2 is 1.29 bits per heavy atom. The summed E-state index contributed by atoms with van der Waals surface area (Å²) in [6.45, 7) is 0.605. The van der Waals surface area contributed by atoms with Crippen LogP contribution < -0.4 is 0 Å². The molecule has 1 heterocycles. The van der Waals surface area contributed by atoms with Crippen molar-refractivity contribution in [2.24, 2.45) is 0 Å². The van der Waals surface area contributed by atoms with Gasteiger partial charge in [-0.1, -0.05) is 54.6 Å². The minimum atomic E-state index is -0.394. The van der Waals surface area contributed by atoms with Crippen LogP contribution in [0.4, 0.5) is 0 Å². The number of aromatic nitrogens is 1. The third-order valence-corrected chi connectivity index (χ3v) is 5.42. The largest absolute Gasteiger partial charge is 0.390 e. The monoisotopic (exact) mass is 333 g/mol. The number of para-hydroxylation sites is 2. The van der Waals surface area contributed by atoms with Gasteiger partial charge in [0.25, 0.3) is 0 Å². The highest BCUT2D eigenvalue weighted by Gasteiger charge is 2.13. The highest BCUT2D eigenvalue weighted by atomic mass is 32.2. The number of fused-ring (bicyclic) bond motifs is 3. The third kappa shape index (κ3) is 2.93. The number of hydrogen-bond donors (Lipinski definition) is 1. The van der Waals surface area contributed by atoms with Crippen molar-refractivity contribution in [2.45, 2.75) is 17.5 Å². The molecule has 0 aliphatic carbocycles. The van der Waals surface area contributed by atoms with Gasteiger partial charge in [-0.25, -0.2) is 0 Å². The minimum absolute atomic E-state index is 0.394. The van der Waals surface area contributed by atoms with Gasteiger partial charge >= 0.3 is 0 Å². The molecule has 24 heavy (non-hydrogen) atoms. The SMILES string of the molecule is OC(CSc1ccccc1)Cn1c2ccccc2c2ccccc21. The lowest BCUT2D eigenvalue weighted by molar-refractivity contribution is 0.181. The number of thioether (sulfide) groups is 1. The summed E-state index contributed by atoms with van der Waals surface area (Å²) in [7, 11) is 0. The molecular formula is C21H19NOS. The van der Waals surface area contributed by atoms with E-state index in [1.54, 1.807) is 11.8 Å². The van der Waals surface area contributed by atoms with E-state index in [9.17, 15) is 5.11 Å². The first-order chi connectivity index (χ1) is 11.8. The molecule has 2 nitrogen and oxygen atoms in total. The second-order valence-electron chi connectivity index (χ2n) is 5.92. The predicted molar refractivity (Wildman–Crippen MR) is 103 cm³/mol. The Bertz CT molecular complexity index is 908. The van der Waals surface area contributed by atoms with E-state index in [1.807, 2.05) is 18.2 Å². The highest BCUT2D eigenvalue weighted by molar-refractivity contribution is 7.99. The summed E-state index contributed by atoms with van der Waals surface area (Å²) in [5.74, 6) is 0.685. The zero-order valence-electron chi connectivity index (χ0n) is 13.3. The van der Waals surface area contributed by atoms with Crippen molar-refractivity contribution < 1.29 is 5.11 Å². The van der Waals surface area contributed by atoms with Crippen molar-refractivity contribution >= 4 is 33.6 Å². The van der Waals surface area contributed by atoms with Crippen molar-refractivity contribution in [3.63, 3.8) is 0 Å². The first-order valence-electron chi connectivity index (χ1n) is 8.15. The van der Waals surface area contributed by atoms with Crippen molar-refractivity contribution in [1.29, 1.82) is 0 Å². The van der Waals surface area contributed by atoms with Gasteiger partial charge in [0.15, 0.2) is 0 Å². The smallest absolute Gasteiger partial charge is 0.0813 e. The predicted octanol–water partition coefficient (Wildman–Crippen LogP) is 4.95. The van der Waals surface area contributed by atoms with Crippen molar-refractivity contribution in [1.82, 2.24) is 4.57 Å². The van der Waals surface area contributed by atoms with E-state index >= 15 is 0 Å². The van der Waals surface area contributed by atoms with Crippen LogP contribution in [0.2, 0.25) is 0 Å². The fourth-order valence-electron chi connectivity index (χ4n) is 3.17. The van der Waals surface area contributed by atoms with Crippen LogP contribution in [-0.2, 0) is 6.54 Å². The van der Waals surface area contributed by atoms with Gasteiger partial charge < -0.3 is 9.67 Å². The molecule has 1 atom stereocenters. The molecule has 1 unspecified atom stereocenters. The maximum atomic E-state index is 10.6. The molecule has 0 amide bonds. The maximum absolute atomic E-state index is 10.6. The van der Waals surface area contributed by atoms with E-state index in [0.717, 1.165) is 0 Å². The van der Waals surface area contributed by atoms with Gasteiger partial charge in [0.2, 0.25) is 0 Å². The third-order valence-electron chi connectivity index (χ3n) is 4.26. The van der Waals surface area contributed by atoms with Crippen molar-refractivity contribution in [2.75, 3.05) is 5.75 Å². The number of aliphatic hydroxyl groups is 1. The van der Waals surface area contributed by atoms with E-state index in [4.69, 9.17) is 0 Å². The Hall–Kier alpha value is -2.23. The first-order valence-corrected chi connectivity index (χ1v) is 9.13. The molecule has 0 spiro atoms. The molecule has 3 aromatic carbocycles. The molecule has 0 fully saturated rings. The Balaban J connectivity index is 1.61. The van der Waals surface area contributed by atoms with E-state index in [1.165, 1.54) is 26.7 Å². The van der Waals surface area contributed by atoms with Crippen LogP contribution in [0.15, 0.2) is 83.8 Å². The molecule has 1 N–H and O–H groups in total. The van der Waals surface area contributed by atoms with Gasteiger partial charge in [0.05, 0.1) is 6.10 Å². The van der Waals surface area contributed by atoms with Gasteiger partial charge in [0, 0.05) is 39.0 Å². The zero-order valence-corrected chi connectivity index (χ0v) is 14.1. The van der Waals surface area contributed by atoms with Crippen LogP contribution in [0.5, 0.6) is 0 Å². The molecule has 4 rings (SSSR count). The molecule has 0 bridgehead atoms. The lowest BCUT2D eigenvalue weighted by Gasteiger charge is -2.14. The molecule has 0 aliphatic rings. The summed E-state index contributed by atoms with van der Waals surface area (Å²) >= 11 is 1.70. The lowest BCUT2D eigenvalue weighted by atomic mass is 10.2. The van der Waals surface area contributed by atoms with Crippen LogP contribution in [0.3, 0.4) is 0 Å². The Morgan fingerprint density at radius 1 is 0.750 bits per heavy atom. The molecule has 0 saturated carbocycles. The second kappa shape index (κ2) is 6.71. The van der Waals surface area contributed by atoms with Crippen LogP contribution in [0.25, 0.3) is 21.8 Å². The van der Waals surface area contributed by atoms with Crippen LogP contribution in [0, 0.1) is 0 Å². The van der Waals surface area contributed by atoms with E-state index < -0.39 is 6.10 Å². The number of benzene rings is 3. The molecule has 3 heteroatoms. The quantitative estimate of drug-likeness (QED) is 0.523. The van der Waals surface area contributed by atoms with E-state index in [-0.39, 0.29) is 0 Å². The Labute approximate surface area is 145 Å². The van der Waals surface area contributed by atoms with Crippen LogP contribution >= 0.6 is 11.8 Å². The molecule has 0 radical (unpaired) electrons. The Kier molecular flexibility index (Phi) is 4.28. The van der Waals surface area contributed by atoms with Gasteiger partial charge in [-0.05, 0) is 24.3 Å². The van der Waals surface area contributed by atoms with Gasteiger partial charge in [-0.3, -0.25) is 0 Å². The Morgan fingerprint density at radius 3 is 1.92 bits per heavy atom. The van der Waals surface area contributed by atoms with E-state index in [0.29, 0.717) is 12.3 Å². The normalized spacial score (nSPS) is 12.7. The molecule has 4 aromatic rings. The summed E-state index contributed by atoms with van der Waals surface area (Å²) in [6.07, 6.45) is -0.394. The summed E-state index contributed by atoms with van der Waals surface area (Å²) in [5.41, 5.74) is 2.37. The fourth-order valence-corrected chi connectivity index (χ4v) is 4.01. The molecule has 1 aromatic heterocycles. The molecule has 0 aliphatic heterocycles. The van der Waals surface area contributed by atoms with Gasteiger partial charge in [-0.15, -0.1) is 11.8 Å². The average molecular weight is 333 g/mol. The topological polar surface area (TPSA) is 25.2 Å². The number of rotatable bonds is 5. The summed E-state index contributed by atoms with van der Waals surface area (Å²) in [4.78, 5) is 1.19. The maximum Gasteiger partial charge on any atom is 0.0813 e. The lowest BCUT2D eigenvalue weighted by Crippen LogP contribution is -2.18. The minimum Gasteiger partial charge on any atom is -0.390 e. The van der Waals surface area contributed by atoms with Crippen LogP contribution in [0.1, 0.15) is 0 Å². The summed E-state index contributed by atoms with van der Waals surface area (Å²) in [6, 6.07) is 27.1. The zero-order chi connectivity index (χ0) is 16.4. The van der Waals surface area contributed by atoms with E-state index in [2.05, 4.69) is 65.2 Å². The van der Waals surface area contributed by atoms with Crippen LogP contribution in [-0.4, -0.2) is 21.5 Å². The van der Waals surface area contributed by atoms with Crippen molar-refractivity contribution in [3.05, 3.63) is 78.9 Å². The standard InChI is InChI=1S/C21H19NOS/c23-16(15-24-17-8-2-1-3-9-17)14-22-20-12-6-4-10-18(20)19-11-5-7-13-21(19)22/h1-13,16,23H,14-15H2. The number of aliphatic hydroxyl groups excluding tert-OH is 1. The van der Waals surface area contributed by atoms with Gasteiger partial charge in [-0.2, -0.15) is 0 Å². The molecule has 120 valence electrons. The van der Waals surface area contributed by atoms with Gasteiger partial charge in [0.1, 0.15) is 0 Å². The number of nitrogens with zero attached hydrogens (tertiary/aromatic N) is 1. The van der Waals surface area contributed by atoms with Crippen molar-refractivity contribution in [3.8, 4) is 0 Å². The fraction of sp³-hybridized carbons (Fsp3) is 0.143. The molecule has 0 saturated heterocycles. The first kappa shape index (κ1) is 15.3. The molecular weight excluding hydrogens is 314 g/mol. The average Bonchev–Trinajstić information content (AvgIpc) is 2.95. The summed E-state index contributed by atoms with van der Waals surface area (Å²) in [5, 5.41) is 13.1. The second-order valence-corrected chi connectivity index (χ2v) is 7.02. The summed E-state index contributed by atoms with van der Waals surface area (Å²) < 4.78 is 2.24. The highest BCUT2D eigenvalue weighted by Crippen LogP contribution is 2.29. The number of hydrogen-bond acceptors (Lipinski definition) is 2.